The zero-order valence-electron chi connectivity index (χ0n) is 15.5. The molecular weight excluding hydrogens is 344 g/mol. The Bertz CT molecular complexity index is 814. The molecule has 1 aliphatic rings. The van der Waals surface area contributed by atoms with Crippen molar-refractivity contribution in [3.05, 3.63) is 53.5 Å². The van der Waals surface area contributed by atoms with Crippen molar-refractivity contribution in [2.24, 2.45) is 0 Å². The van der Waals surface area contributed by atoms with Gasteiger partial charge < -0.3 is 20.1 Å². The number of ether oxygens (including phenoxy) is 1. The summed E-state index contributed by atoms with van der Waals surface area (Å²) in [6.07, 6.45) is 4.86. The van der Waals surface area contributed by atoms with Crippen molar-refractivity contribution in [3.63, 3.8) is 0 Å². The molecular formula is C20H24N4O3. The Hall–Kier alpha value is -2.93. The number of anilines is 1. The molecule has 1 aliphatic heterocycles. The van der Waals surface area contributed by atoms with Crippen molar-refractivity contribution < 1.29 is 14.6 Å². The lowest BCUT2D eigenvalue weighted by molar-refractivity contribution is -0.00546. The van der Waals surface area contributed by atoms with Gasteiger partial charge in [-0.2, -0.15) is 0 Å². The SMILES string of the molecule is C[C@@H]1CN(c2cccc(/C=C/c3ccnc(CNC(=O)O)c3)n2)C[C@H](C)O1. The summed E-state index contributed by atoms with van der Waals surface area (Å²) < 4.78 is 5.79. The van der Waals surface area contributed by atoms with Crippen LogP contribution in [0.5, 0.6) is 0 Å². The van der Waals surface area contributed by atoms with Crippen LogP contribution in [0.2, 0.25) is 0 Å². The van der Waals surface area contributed by atoms with Gasteiger partial charge in [0, 0.05) is 19.3 Å². The Kier molecular flexibility index (Phi) is 6.03. The van der Waals surface area contributed by atoms with Crippen molar-refractivity contribution in [1.82, 2.24) is 15.3 Å². The average Bonchev–Trinajstić information content (AvgIpc) is 2.64. The van der Waals surface area contributed by atoms with Crippen LogP contribution in [0, 0.1) is 0 Å². The summed E-state index contributed by atoms with van der Waals surface area (Å²) in [5, 5.41) is 11.0. The smallest absolute Gasteiger partial charge is 0.404 e. The van der Waals surface area contributed by atoms with Gasteiger partial charge in [-0.05, 0) is 49.8 Å². The van der Waals surface area contributed by atoms with Gasteiger partial charge in [-0.15, -0.1) is 0 Å². The van der Waals surface area contributed by atoms with E-state index >= 15 is 0 Å². The highest BCUT2D eigenvalue weighted by atomic mass is 16.5. The molecule has 0 saturated carbocycles. The van der Waals surface area contributed by atoms with Crippen LogP contribution in [0.15, 0.2) is 36.5 Å². The molecule has 2 atom stereocenters. The van der Waals surface area contributed by atoms with E-state index in [1.54, 1.807) is 6.20 Å². The minimum absolute atomic E-state index is 0.179. The van der Waals surface area contributed by atoms with Crippen molar-refractivity contribution in [3.8, 4) is 0 Å². The molecule has 0 aliphatic carbocycles. The fraction of sp³-hybridized carbons (Fsp3) is 0.350. The summed E-state index contributed by atoms with van der Waals surface area (Å²) in [5.74, 6) is 0.945. The third-order valence-corrected chi connectivity index (χ3v) is 4.21. The van der Waals surface area contributed by atoms with E-state index in [9.17, 15) is 4.79 Å². The average molecular weight is 368 g/mol. The number of rotatable bonds is 5. The highest BCUT2D eigenvalue weighted by Gasteiger charge is 2.23. The molecule has 2 aromatic rings. The van der Waals surface area contributed by atoms with Crippen molar-refractivity contribution in [2.75, 3.05) is 18.0 Å². The van der Waals surface area contributed by atoms with Gasteiger partial charge in [0.15, 0.2) is 0 Å². The van der Waals surface area contributed by atoms with Crippen molar-refractivity contribution >= 4 is 24.1 Å². The maximum Gasteiger partial charge on any atom is 0.404 e. The van der Waals surface area contributed by atoms with Crippen LogP contribution in [0.1, 0.15) is 30.8 Å². The molecule has 3 heterocycles. The quantitative estimate of drug-likeness (QED) is 0.843. The Morgan fingerprint density at radius 3 is 2.81 bits per heavy atom. The fourth-order valence-electron chi connectivity index (χ4n) is 3.12. The second kappa shape index (κ2) is 8.64. The minimum atomic E-state index is -1.06. The predicted molar refractivity (Wildman–Crippen MR) is 104 cm³/mol. The third-order valence-electron chi connectivity index (χ3n) is 4.21. The van der Waals surface area contributed by atoms with Crippen LogP contribution in [-0.2, 0) is 11.3 Å². The van der Waals surface area contributed by atoms with Crippen LogP contribution in [0.3, 0.4) is 0 Å². The molecule has 7 heteroatoms. The van der Waals surface area contributed by atoms with Crippen LogP contribution in [0.25, 0.3) is 12.2 Å². The number of hydrogen-bond donors (Lipinski definition) is 2. The molecule has 0 spiro atoms. The summed E-state index contributed by atoms with van der Waals surface area (Å²) in [6, 6.07) is 9.70. The highest BCUT2D eigenvalue weighted by molar-refractivity contribution is 5.69. The number of pyridine rings is 2. The molecule has 0 bridgehead atoms. The predicted octanol–water partition coefficient (Wildman–Crippen LogP) is 3.03. The molecule has 0 unspecified atom stereocenters. The van der Waals surface area contributed by atoms with Gasteiger partial charge in [0.1, 0.15) is 5.82 Å². The number of aromatic nitrogens is 2. The van der Waals surface area contributed by atoms with Crippen LogP contribution < -0.4 is 10.2 Å². The lowest BCUT2D eigenvalue weighted by Gasteiger charge is -2.36. The molecule has 0 aromatic carbocycles. The third kappa shape index (κ3) is 5.52. The Morgan fingerprint density at radius 1 is 1.30 bits per heavy atom. The fourth-order valence-corrected chi connectivity index (χ4v) is 3.12. The zero-order valence-corrected chi connectivity index (χ0v) is 15.5. The van der Waals surface area contributed by atoms with E-state index in [2.05, 4.69) is 29.0 Å². The molecule has 1 fully saturated rings. The number of amides is 1. The minimum Gasteiger partial charge on any atom is -0.465 e. The number of carbonyl (C=O) groups is 1. The van der Waals surface area contributed by atoms with Crippen molar-refractivity contribution in [2.45, 2.75) is 32.6 Å². The van der Waals surface area contributed by atoms with Gasteiger partial charge in [0.25, 0.3) is 0 Å². The molecule has 2 N–H and O–H groups in total. The lowest BCUT2D eigenvalue weighted by atomic mass is 10.2. The number of nitrogens with zero attached hydrogens (tertiary/aromatic N) is 3. The van der Waals surface area contributed by atoms with E-state index in [0.29, 0.717) is 5.69 Å². The Balaban J connectivity index is 1.70. The second-order valence-electron chi connectivity index (χ2n) is 6.66. The molecule has 1 amide bonds. The number of carboxylic acid groups (broad SMARTS) is 1. The first-order valence-corrected chi connectivity index (χ1v) is 8.97. The van der Waals surface area contributed by atoms with Crippen molar-refractivity contribution in [1.29, 1.82) is 0 Å². The molecule has 2 aromatic heterocycles. The van der Waals surface area contributed by atoms with Crippen LogP contribution in [0.4, 0.5) is 10.6 Å². The van der Waals surface area contributed by atoms with E-state index in [0.717, 1.165) is 30.2 Å². The van der Waals surface area contributed by atoms with E-state index in [1.165, 1.54) is 0 Å². The first kappa shape index (κ1) is 18.8. The molecule has 0 radical (unpaired) electrons. The summed E-state index contributed by atoms with van der Waals surface area (Å²) in [4.78, 5) is 21.7. The second-order valence-corrected chi connectivity index (χ2v) is 6.66. The number of nitrogens with one attached hydrogen (secondary N) is 1. The van der Waals surface area contributed by atoms with E-state index < -0.39 is 6.09 Å². The summed E-state index contributed by atoms with van der Waals surface area (Å²) >= 11 is 0. The summed E-state index contributed by atoms with van der Waals surface area (Å²) in [5.41, 5.74) is 2.46. The first-order valence-electron chi connectivity index (χ1n) is 8.97. The Labute approximate surface area is 158 Å². The van der Waals surface area contributed by atoms with Gasteiger partial charge in [-0.25, -0.2) is 9.78 Å². The van der Waals surface area contributed by atoms with Gasteiger partial charge in [0.2, 0.25) is 0 Å². The molecule has 7 nitrogen and oxygen atoms in total. The van der Waals surface area contributed by atoms with E-state index in [1.807, 2.05) is 42.5 Å². The maximum atomic E-state index is 10.6. The van der Waals surface area contributed by atoms with E-state index in [4.69, 9.17) is 14.8 Å². The molecule has 3 rings (SSSR count). The molecule has 27 heavy (non-hydrogen) atoms. The number of morpholine rings is 1. The maximum absolute atomic E-state index is 10.6. The largest absolute Gasteiger partial charge is 0.465 e. The van der Waals surface area contributed by atoms with Gasteiger partial charge in [0.05, 0.1) is 30.1 Å². The monoisotopic (exact) mass is 368 g/mol. The van der Waals surface area contributed by atoms with Gasteiger partial charge >= 0.3 is 6.09 Å². The lowest BCUT2D eigenvalue weighted by Crippen LogP contribution is -2.45. The van der Waals surface area contributed by atoms with Gasteiger partial charge in [-0.3, -0.25) is 4.98 Å². The highest BCUT2D eigenvalue weighted by Crippen LogP contribution is 2.19. The summed E-state index contributed by atoms with van der Waals surface area (Å²) in [6.45, 7) is 5.99. The van der Waals surface area contributed by atoms with Crippen LogP contribution in [-0.4, -0.2) is 46.5 Å². The topological polar surface area (TPSA) is 87.6 Å². The number of hydrogen-bond acceptors (Lipinski definition) is 5. The standard InChI is InChI=1S/C20H24N4O3/c1-14-12-24(13-15(2)27-14)19-5-3-4-17(23-19)7-6-16-8-9-21-18(10-16)11-22-20(25)26/h3-10,14-15,22H,11-13H2,1-2H3,(H,25,26)/b7-6+/t14-,15+. The van der Waals surface area contributed by atoms with Crippen LogP contribution >= 0.6 is 0 Å². The molecule has 1 saturated heterocycles. The summed E-state index contributed by atoms with van der Waals surface area (Å²) in [7, 11) is 0. The normalized spacial score (nSPS) is 20.0. The zero-order chi connectivity index (χ0) is 19.2. The first-order chi connectivity index (χ1) is 13.0. The Morgan fingerprint density at radius 2 is 2.07 bits per heavy atom. The molecule has 142 valence electrons. The van der Waals surface area contributed by atoms with E-state index in [-0.39, 0.29) is 18.8 Å². The van der Waals surface area contributed by atoms with Gasteiger partial charge in [-0.1, -0.05) is 12.1 Å².